The van der Waals surface area contributed by atoms with Crippen LogP contribution in [-0.2, 0) is 13.1 Å². The van der Waals surface area contributed by atoms with Crippen molar-refractivity contribution in [2.45, 2.75) is 26.9 Å². The van der Waals surface area contributed by atoms with Gasteiger partial charge >= 0.3 is 0 Å². The number of aromatic amines is 1. The molecule has 0 aliphatic heterocycles. The highest BCUT2D eigenvalue weighted by Crippen LogP contribution is 2.18. The van der Waals surface area contributed by atoms with Crippen molar-refractivity contribution in [2.24, 2.45) is 0 Å². The van der Waals surface area contributed by atoms with Crippen molar-refractivity contribution >= 4 is 17.4 Å². The molecule has 2 aromatic heterocycles. The van der Waals surface area contributed by atoms with Gasteiger partial charge in [0.15, 0.2) is 0 Å². The number of aromatic nitrogens is 4. The normalized spacial score (nSPS) is 10.9. The topological polar surface area (TPSA) is 87.1 Å². The van der Waals surface area contributed by atoms with Crippen LogP contribution in [0.2, 0.25) is 0 Å². The first-order valence-corrected chi connectivity index (χ1v) is 9.17. The van der Waals surface area contributed by atoms with E-state index in [1.807, 2.05) is 42.5 Å². The average Bonchev–Trinajstić information content (AvgIpc) is 3.12. The van der Waals surface area contributed by atoms with Crippen molar-refractivity contribution in [1.82, 2.24) is 19.6 Å². The van der Waals surface area contributed by atoms with Crippen molar-refractivity contribution < 1.29 is 0 Å². The number of fused-ring (bicyclic) bond motifs is 1. The number of rotatable bonds is 6. The fraction of sp³-hybridized carbons (Fsp3) is 0.190. The van der Waals surface area contributed by atoms with Gasteiger partial charge in [-0.05, 0) is 36.6 Å². The molecule has 2 heterocycles. The minimum Gasteiger partial charge on any atom is -0.379 e. The summed E-state index contributed by atoms with van der Waals surface area (Å²) in [6.07, 6.45) is 0. The molecule has 0 saturated heterocycles. The van der Waals surface area contributed by atoms with Crippen LogP contribution in [0, 0.1) is 13.8 Å². The van der Waals surface area contributed by atoms with E-state index in [0.717, 1.165) is 11.3 Å². The fourth-order valence-electron chi connectivity index (χ4n) is 3.01. The molecule has 0 bridgehead atoms. The molecule has 2 aromatic carbocycles. The van der Waals surface area contributed by atoms with E-state index in [2.05, 4.69) is 45.6 Å². The first-order chi connectivity index (χ1) is 13.6. The molecule has 4 aromatic rings. The maximum atomic E-state index is 12.4. The maximum absolute atomic E-state index is 12.4. The molecule has 0 aliphatic rings. The lowest BCUT2D eigenvalue weighted by molar-refractivity contribution is 0.874. The molecular weight excluding hydrogens is 352 g/mol. The number of benzene rings is 2. The van der Waals surface area contributed by atoms with Crippen LogP contribution < -0.4 is 16.2 Å². The molecule has 0 amide bonds. The Morgan fingerprint density at radius 1 is 0.964 bits per heavy atom. The zero-order valence-corrected chi connectivity index (χ0v) is 15.9. The van der Waals surface area contributed by atoms with E-state index < -0.39 is 0 Å². The van der Waals surface area contributed by atoms with E-state index in [0.29, 0.717) is 30.5 Å². The van der Waals surface area contributed by atoms with E-state index in [9.17, 15) is 4.79 Å². The van der Waals surface area contributed by atoms with Crippen LogP contribution in [0.4, 0.5) is 11.6 Å². The number of hydrogen-bond acceptors (Lipinski definition) is 5. The Balaban J connectivity index is 1.51. The molecule has 0 fully saturated rings. The van der Waals surface area contributed by atoms with Gasteiger partial charge < -0.3 is 10.6 Å². The van der Waals surface area contributed by atoms with E-state index in [1.165, 1.54) is 21.7 Å². The van der Waals surface area contributed by atoms with Gasteiger partial charge in [-0.3, -0.25) is 9.89 Å². The minimum absolute atomic E-state index is 0.192. The molecule has 0 spiro atoms. The molecule has 0 atom stereocenters. The molecule has 28 heavy (non-hydrogen) atoms. The van der Waals surface area contributed by atoms with Gasteiger partial charge in [0.25, 0.3) is 11.3 Å². The summed E-state index contributed by atoms with van der Waals surface area (Å²) >= 11 is 0. The van der Waals surface area contributed by atoms with Crippen molar-refractivity contribution in [1.29, 1.82) is 0 Å². The van der Waals surface area contributed by atoms with Gasteiger partial charge in [-0.25, -0.2) is 4.98 Å². The Morgan fingerprint density at radius 3 is 2.61 bits per heavy atom. The lowest BCUT2D eigenvalue weighted by Gasteiger charge is -2.10. The number of nitrogens with zero attached hydrogens (tertiary/aromatic N) is 3. The van der Waals surface area contributed by atoms with E-state index in [4.69, 9.17) is 0 Å². The highest BCUT2D eigenvalue weighted by molar-refractivity contribution is 5.53. The Hall–Kier alpha value is -3.61. The summed E-state index contributed by atoms with van der Waals surface area (Å²) in [7, 11) is 0. The second kappa shape index (κ2) is 7.56. The van der Waals surface area contributed by atoms with Crippen LogP contribution in [0.15, 0.2) is 59.4 Å². The smallest absolute Gasteiger partial charge is 0.274 e. The standard InChI is InChI=1S/C21H22N6O/c1-14-7-6-10-18(15(14)2)22-13-17-11-19(28)27-21(24-17)25-20(26-27)23-12-16-8-4-3-5-9-16/h3-11,22H,12-13H2,1-2H3,(H2,23,24,25,26). The van der Waals surface area contributed by atoms with E-state index >= 15 is 0 Å². The number of anilines is 2. The summed E-state index contributed by atoms with van der Waals surface area (Å²) in [4.78, 5) is 21.3. The lowest BCUT2D eigenvalue weighted by atomic mass is 10.1. The molecule has 0 aliphatic carbocycles. The van der Waals surface area contributed by atoms with Gasteiger partial charge in [0.1, 0.15) is 0 Å². The third kappa shape index (κ3) is 3.73. The van der Waals surface area contributed by atoms with Crippen LogP contribution in [0.1, 0.15) is 22.4 Å². The van der Waals surface area contributed by atoms with Crippen molar-refractivity contribution in [3.05, 3.63) is 87.3 Å². The Morgan fingerprint density at radius 2 is 1.79 bits per heavy atom. The summed E-state index contributed by atoms with van der Waals surface area (Å²) in [6.45, 7) is 5.21. The Bertz CT molecular complexity index is 1160. The molecule has 0 unspecified atom stereocenters. The molecule has 0 radical (unpaired) electrons. The summed E-state index contributed by atoms with van der Waals surface area (Å²) in [5, 5.41) is 9.49. The van der Waals surface area contributed by atoms with Crippen LogP contribution in [0.25, 0.3) is 5.78 Å². The Kier molecular flexibility index (Phi) is 4.80. The van der Waals surface area contributed by atoms with Crippen LogP contribution in [0.3, 0.4) is 0 Å². The van der Waals surface area contributed by atoms with Crippen LogP contribution in [0.5, 0.6) is 0 Å². The van der Waals surface area contributed by atoms with E-state index in [1.54, 1.807) is 0 Å². The molecule has 3 N–H and O–H groups in total. The Labute approximate surface area is 162 Å². The summed E-state index contributed by atoms with van der Waals surface area (Å²) in [5.41, 5.74) is 5.02. The van der Waals surface area contributed by atoms with Gasteiger partial charge in [0, 0.05) is 18.3 Å². The quantitative estimate of drug-likeness (QED) is 0.482. The molecule has 142 valence electrons. The van der Waals surface area contributed by atoms with Gasteiger partial charge in [-0.15, -0.1) is 0 Å². The van der Waals surface area contributed by atoms with Crippen molar-refractivity contribution in [3.8, 4) is 0 Å². The van der Waals surface area contributed by atoms with Crippen LogP contribution in [-0.4, -0.2) is 19.6 Å². The van der Waals surface area contributed by atoms with Gasteiger partial charge in [0.05, 0.1) is 12.2 Å². The van der Waals surface area contributed by atoms with Gasteiger partial charge in [0.2, 0.25) is 5.95 Å². The fourth-order valence-corrected chi connectivity index (χ4v) is 3.01. The predicted molar refractivity (Wildman–Crippen MR) is 111 cm³/mol. The molecule has 0 saturated carbocycles. The molecule has 7 nitrogen and oxygen atoms in total. The second-order valence-electron chi connectivity index (χ2n) is 6.73. The number of hydrogen-bond donors (Lipinski definition) is 3. The van der Waals surface area contributed by atoms with Gasteiger partial charge in [-0.2, -0.15) is 9.50 Å². The molecule has 7 heteroatoms. The maximum Gasteiger partial charge on any atom is 0.274 e. The second-order valence-corrected chi connectivity index (χ2v) is 6.73. The number of aryl methyl sites for hydroxylation is 1. The number of nitrogens with one attached hydrogen (secondary N) is 3. The summed E-state index contributed by atoms with van der Waals surface area (Å²) in [6, 6.07) is 17.6. The predicted octanol–water partition coefficient (Wildman–Crippen LogP) is 3.26. The van der Waals surface area contributed by atoms with Crippen molar-refractivity contribution in [2.75, 3.05) is 10.6 Å². The van der Waals surface area contributed by atoms with Crippen LogP contribution >= 0.6 is 0 Å². The minimum atomic E-state index is -0.192. The summed E-state index contributed by atoms with van der Waals surface area (Å²) < 4.78 is 1.34. The molecule has 4 rings (SSSR count). The first-order valence-electron chi connectivity index (χ1n) is 9.17. The SMILES string of the molecule is Cc1cccc(NCc2cc(=O)n3[nH]c(NCc4ccccc4)nc3n2)c1C. The average molecular weight is 374 g/mol. The number of H-pyrrole nitrogens is 1. The monoisotopic (exact) mass is 374 g/mol. The van der Waals surface area contributed by atoms with Gasteiger partial charge in [-0.1, -0.05) is 42.5 Å². The first kappa shape index (κ1) is 17.8. The third-order valence-corrected chi connectivity index (χ3v) is 4.75. The lowest BCUT2D eigenvalue weighted by Crippen LogP contribution is -2.17. The van der Waals surface area contributed by atoms with Crippen molar-refractivity contribution in [3.63, 3.8) is 0 Å². The van der Waals surface area contributed by atoms with E-state index in [-0.39, 0.29) is 5.56 Å². The third-order valence-electron chi connectivity index (χ3n) is 4.75. The largest absolute Gasteiger partial charge is 0.379 e. The highest BCUT2D eigenvalue weighted by Gasteiger charge is 2.09. The zero-order chi connectivity index (χ0) is 19.5. The highest BCUT2D eigenvalue weighted by atomic mass is 16.1. The molecular formula is C21H22N6O. The summed E-state index contributed by atoms with van der Waals surface area (Å²) in [5.74, 6) is 0.855. The zero-order valence-electron chi connectivity index (χ0n) is 15.9.